The third kappa shape index (κ3) is 6.24. The molecule has 142 valence electrons. The summed E-state index contributed by atoms with van der Waals surface area (Å²) in [6.45, 7) is 14.4. The van der Waals surface area contributed by atoms with E-state index in [1.165, 1.54) is 0 Å². The van der Waals surface area contributed by atoms with Crippen molar-refractivity contribution in [3.63, 3.8) is 0 Å². The molecule has 1 atom stereocenters. The van der Waals surface area contributed by atoms with Crippen LogP contribution in [0.2, 0.25) is 16.6 Å². The van der Waals surface area contributed by atoms with Gasteiger partial charge in [0.2, 0.25) is 0 Å². The van der Waals surface area contributed by atoms with E-state index >= 15 is 0 Å². The Bertz CT molecular complexity index is 469. The van der Waals surface area contributed by atoms with Crippen LogP contribution in [0, 0.1) is 0 Å². The Hall–Kier alpha value is -1.17. The minimum absolute atomic E-state index is 0.461. The zero-order valence-corrected chi connectivity index (χ0v) is 17.6. The second-order valence-electron chi connectivity index (χ2n) is 7.57. The maximum atomic E-state index is 11.2. The number of hydrogen-bond acceptors (Lipinski definition) is 4. The summed E-state index contributed by atoms with van der Waals surface area (Å²) in [6, 6.07) is 9.58. The minimum atomic E-state index is -1.83. The molecule has 0 spiro atoms. The molecule has 1 aromatic rings. The summed E-state index contributed by atoms with van der Waals surface area (Å²) in [6.07, 6.45) is 1.87. The van der Waals surface area contributed by atoms with Gasteiger partial charge >= 0.3 is 0 Å². The molecule has 0 radical (unpaired) electrons. The van der Waals surface area contributed by atoms with Crippen LogP contribution in [0.1, 0.15) is 54.4 Å². The molecule has 0 saturated heterocycles. The van der Waals surface area contributed by atoms with E-state index in [0.717, 1.165) is 18.4 Å². The Kier molecular flexibility index (Phi) is 9.39. The van der Waals surface area contributed by atoms with Gasteiger partial charge in [0.05, 0.1) is 5.69 Å². The van der Waals surface area contributed by atoms with Crippen molar-refractivity contribution in [3.05, 3.63) is 30.3 Å². The SMILES string of the molecule is CC(C)[Si](OCCC[C@H](C=O)ONc1ccccc1)(C(C)C)C(C)C. The number of hydrogen-bond donors (Lipinski definition) is 1. The summed E-state index contributed by atoms with van der Waals surface area (Å²) in [5, 5.41) is 0. The highest BCUT2D eigenvalue weighted by molar-refractivity contribution is 6.77. The van der Waals surface area contributed by atoms with Gasteiger partial charge in [-0.1, -0.05) is 59.7 Å². The van der Waals surface area contributed by atoms with Gasteiger partial charge in [0, 0.05) is 6.61 Å². The predicted octanol–water partition coefficient (Wildman–Crippen LogP) is 5.57. The summed E-state index contributed by atoms with van der Waals surface area (Å²) >= 11 is 0. The van der Waals surface area contributed by atoms with Gasteiger partial charge in [-0.15, -0.1) is 0 Å². The van der Waals surface area contributed by atoms with Crippen molar-refractivity contribution in [1.29, 1.82) is 0 Å². The molecule has 0 fully saturated rings. The second kappa shape index (κ2) is 10.7. The molecule has 0 aliphatic rings. The summed E-state index contributed by atoms with van der Waals surface area (Å²) in [4.78, 5) is 16.7. The van der Waals surface area contributed by atoms with Crippen LogP contribution >= 0.6 is 0 Å². The number of aldehydes is 1. The van der Waals surface area contributed by atoms with Crippen LogP contribution in [0.4, 0.5) is 5.69 Å². The summed E-state index contributed by atoms with van der Waals surface area (Å²) in [5.74, 6) is 0. The van der Waals surface area contributed by atoms with Crippen molar-refractivity contribution < 1.29 is 14.1 Å². The maximum Gasteiger partial charge on any atom is 0.200 e. The first kappa shape index (κ1) is 21.9. The number of carbonyl (C=O) groups excluding carboxylic acids is 1. The lowest BCUT2D eigenvalue weighted by Gasteiger charge is -2.42. The van der Waals surface area contributed by atoms with E-state index < -0.39 is 14.4 Å². The van der Waals surface area contributed by atoms with E-state index in [9.17, 15) is 4.79 Å². The van der Waals surface area contributed by atoms with Crippen LogP contribution in [0.25, 0.3) is 0 Å². The molecule has 0 unspecified atom stereocenters. The van der Waals surface area contributed by atoms with Gasteiger partial charge in [0.1, 0.15) is 6.10 Å². The Labute approximate surface area is 154 Å². The lowest BCUT2D eigenvalue weighted by Crippen LogP contribution is -2.48. The van der Waals surface area contributed by atoms with Gasteiger partial charge in [-0.3, -0.25) is 10.3 Å². The lowest BCUT2D eigenvalue weighted by molar-refractivity contribution is -0.116. The summed E-state index contributed by atoms with van der Waals surface area (Å²) in [5.41, 5.74) is 5.41. The molecule has 0 aliphatic carbocycles. The van der Waals surface area contributed by atoms with Crippen molar-refractivity contribution in [2.75, 3.05) is 12.1 Å². The molecule has 0 bridgehead atoms. The fourth-order valence-electron chi connectivity index (χ4n) is 3.84. The van der Waals surface area contributed by atoms with Crippen LogP contribution in [0.3, 0.4) is 0 Å². The van der Waals surface area contributed by atoms with Crippen LogP contribution in [-0.2, 0) is 14.1 Å². The number of anilines is 1. The highest BCUT2D eigenvalue weighted by atomic mass is 28.4. The number of nitrogens with one attached hydrogen (secondary N) is 1. The largest absolute Gasteiger partial charge is 0.416 e. The molecule has 25 heavy (non-hydrogen) atoms. The monoisotopic (exact) mass is 365 g/mol. The molecule has 1 N–H and O–H groups in total. The molecular weight excluding hydrogens is 330 g/mol. The van der Waals surface area contributed by atoms with Crippen molar-refractivity contribution in [1.82, 2.24) is 0 Å². The Morgan fingerprint density at radius 2 is 1.56 bits per heavy atom. The zero-order chi connectivity index (χ0) is 18.9. The van der Waals surface area contributed by atoms with Gasteiger partial charge < -0.3 is 9.22 Å². The second-order valence-corrected chi connectivity index (χ2v) is 13.0. The minimum Gasteiger partial charge on any atom is -0.416 e. The molecule has 0 aromatic heterocycles. The third-order valence-corrected chi connectivity index (χ3v) is 11.1. The quantitative estimate of drug-likeness (QED) is 0.228. The molecule has 4 nitrogen and oxygen atoms in total. The third-order valence-electron chi connectivity index (χ3n) is 4.95. The fraction of sp³-hybridized carbons (Fsp3) is 0.650. The normalized spacial score (nSPS) is 13.5. The van der Waals surface area contributed by atoms with E-state index in [4.69, 9.17) is 9.26 Å². The first-order chi connectivity index (χ1) is 11.8. The highest BCUT2D eigenvalue weighted by Gasteiger charge is 2.44. The molecule has 0 aliphatic heterocycles. The molecular formula is C20H35NO3Si. The molecule has 5 heteroatoms. The molecule has 0 heterocycles. The van der Waals surface area contributed by atoms with E-state index in [2.05, 4.69) is 47.0 Å². The molecule has 0 saturated carbocycles. The summed E-state index contributed by atoms with van der Waals surface area (Å²) < 4.78 is 6.52. The van der Waals surface area contributed by atoms with Gasteiger partial charge in [-0.2, -0.15) is 0 Å². The Morgan fingerprint density at radius 3 is 2.04 bits per heavy atom. The van der Waals surface area contributed by atoms with Crippen molar-refractivity contribution in [3.8, 4) is 0 Å². The van der Waals surface area contributed by atoms with Crippen LogP contribution in [-0.4, -0.2) is 27.3 Å². The van der Waals surface area contributed by atoms with Crippen LogP contribution in [0.5, 0.6) is 0 Å². The first-order valence-electron chi connectivity index (χ1n) is 9.40. The zero-order valence-electron chi connectivity index (χ0n) is 16.6. The van der Waals surface area contributed by atoms with Crippen molar-refractivity contribution in [2.24, 2.45) is 0 Å². The Balaban J connectivity index is 2.46. The number of benzene rings is 1. The van der Waals surface area contributed by atoms with Gasteiger partial charge in [-0.25, -0.2) is 0 Å². The molecule has 1 rings (SSSR count). The predicted molar refractivity (Wildman–Crippen MR) is 107 cm³/mol. The van der Waals surface area contributed by atoms with E-state index in [0.29, 0.717) is 29.7 Å². The van der Waals surface area contributed by atoms with Crippen molar-refractivity contribution >= 4 is 20.3 Å². The van der Waals surface area contributed by atoms with Gasteiger partial charge in [0.15, 0.2) is 14.6 Å². The summed E-state index contributed by atoms with van der Waals surface area (Å²) in [7, 11) is -1.83. The van der Waals surface area contributed by atoms with Crippen LogP contribution < -0.4 is 5.48 Å². The lowest BCUT2D eigenvalue weighted by atomic mass is 10.2. The van der Waals surface area contributed by atoms with Crippen molar-refractivity contribution in [2.45, 2.75) is 77.1 Å². The van der Waals surface area contributed by atoms with Crippen LogP contribution in [0.15, 0.2) is 30.3 Å². The maximum absolute atomic E-state index is 11.2. The Morgan fingerprint density at radius 1 is 1.00 bits per heavy atom. The van der Waals surface area contributed by atoms with E-state index in [-0.39, 0.29) is 0 Å². The van der Waals surface area contributed by atoms with E-state index in [1.807, 2.05) is 30.3 Å². The average Bonchev–Trinajstić information content (AvgIpc) is 2.57. The van der Waals surface area contributed by atoms with Gasteiger partial charge in [-0.05, 0) is 41.6 Å². The topological polar surface area (TPSA) is 47.6 Å². The molecule has 0 amide bonds. The number of rotatable bonds is 12. The average molecular weight is 366 g/mol. The number of carbonyl (C=O) groups is 1. The fourth-order valence-corrected chi connectivity index (χ4v) is 9.34. The van der Waals surface area contributed by atoms with Gasteiger partial charge in [0.25, 0.3) is 0 Å². The standard InChI is InChI=1S/C20H35NO3Si/c1-16(2)25(17(3)4,18(5)6)23-14-10-13-20(15-22)24-21-19-11-8-7-9-12-19/h7-9,11-12,15-18,20-21H,10,13-14H2,1-6H3/t20-/m1/s1. The smallest absolute Gasteiger partial charge is 0.200 e. The number of para-hydroxylation sites is 1. The highest BCUT2D eigenvalue weighted by Crippen LogP contribution is 2.42. The first-order valence-corrected chi connectivity index (χ1v) is 11.5. The van der Waals surface area contributed by atoms with E-state index in [1.54, 1.807) is 0 Å². The molecule has 1 aromatic carbocycles.